The van der Waals surface area contributed by atoms with Gasteiger partial charge in [0.15, 0.2) is 0 Å². The number of aryl methyl sites for hydroxylation is 1. The van der Waals surface area contributed by atoms with Gasteiger partial charge in [-0.3, -0.25) is 15.1 Å². The molecule has 0 amide bonds. The van der Waals surface area contributed by atoms with Gasteiger partial charge in [-0.1, -0.05) is 6.92 Å². The number of nitro groups is 1. The largest absolute Gasteiger partial charge is 0.286 e. The number of rotatable bonds is 2. The third-order valence-corrected chi connectivity index (χ3v) is 2.06. The summed E-state index contributed by atoms with van der Waals surface area (Å²) in [5, 5.41) is 10.4. The molecule has 5 heteroatoms. The molecule has 1 aromatic heterocycles. The summed E-state index contributed by atoms with van der Waals surface area (Å²) in [6.45, 7) is 1.90. The molecule has 0 saturated heterocycles. The van der Waals surface area contributed by atoms with E-state index in [-0.39, 0.29) is 5.69 Å². The van der Waals surface area contributed by atoms with E-state index in [4.69, 9.17) is 0 Å². The minimum atomic E-state index is -0.426. The topological polar surface area (TPSA) is 56.0 Å². The number of hydrogen-bond acceptors (Lipinski definition) is 3. The first-order chi connectivity index (χ1) is 5.65. The Morgan fingerprint density at radius 3 is 2.92 bits per heavy atom. The quantitative estimate of drug-likeness (QED) is 0.579. The Morgan fingerprint density at radius 1 is 1.75 bits per heavy atom. The predicted molar refractivity (Wildman–Crippen MR) is 48.0 cm³/mol. The third kappa shape index (κ3) is 1.79. The third-order valence-electron chi connectivity index (χ3n) is 1.45. The average Bonchev–Trinajstić information content (AvgIpc) is 2.05. The van der Waals surface area contributed by atoms with Crippen LogP contribution in [-0.4, -0.2) is 9.91 Å². The van der Waals surface area contributed by atoms with Crippen LogP contribution in [0.4, 0.5) is 5.69 Å². The Morgan fingerprint density at radius 2 is 2.42 bits per heavy atom. The lowest BCUT2D eigenvalue weighted by Crippen LogP contribution is -1.93. The van der Waals surface area contributed by atoms with Crippen LogP contribution in [-0.2, 0) is 6.42 Å². The van der Waals surface area contributed by atoms with Crippen molar-refractivity contribution in [1.82, 2.24) is 4.98 Å². The van der Waals surface area contributed by atoms with Gasteiger partial charge in [-0.2, -0.15) is 0 Å². The second-order valence-electron chi connectivity index (χ2n) is 2.24. The van der Waals surface area contributed by atoms with Crippen molar-refractivity contribution in [3.8, 4) is 0 Å². The molecule has 0 aliphatic carbocycles. The van der Waals surface area contributed by atoms with Crippen molar-refractivity contribution in [3.05, 3.63) is 32.5 Å². The summed E-state index contributed by atoms with van der Waals surface area (Å²) >= 11 is 3.06. The van der Waals surface area contributed by atoms with E-state index in [2.05, 4.69) is 20.9 Å². The molecule has 0 saturated carbocycles. The van der Waals surface area contributed by atoms with Crippen LogP contribution >= 0.6 is 15.9 Å². The van der Waals surface area contributed by atoms with Gasteiger partial charge in [-0.15, -0.1) is 0 Å². The van der Waals surface area contributed by atoms with Crippen LogP contribution in [0, 0.1) is 10.1 Å². The van der Waals surface area contributed by atoms with Gasteiger partial charge in [0.05, 0.1) is 4.92 Å². The summed E-state index contributed by atoms with van der Waals surface area (Å²) < 4.78 is 0.421. The zero-order valence-corrected chi connectivity index (χ0v) is 8.04. The van der Waals surface area contributed by atoms with Crippen molar-refractivity contribution in [1.29, 1.82) is 0 Å². The van der Waals surface area contributed by atoms with Crippen LogP contribution in [0.25, 0.3) is 0 Å². The molecule has 1 aromatic rings. The highest BCUT2D eigenvalue weighted by Gasteiger charge is 2.11. The fourth-order valence-electron chi connectivity index (χ4n) is 0.803. The molecule has 0 aliphatic heterocycles. The van der Waals surface area contributed by atoms with E-state index < -0.39 is 4.92 Å². The van der Waals surface area contributed by atoms with E-state index in [1.807, 2.05) is 6.92 Å². The van der Waals surface area contributed by atoms with Crippen LogP contribution in [0.5, 0.6) is 0 Å². The van der Waals surface area contributed by atoms with Crippen molar-refractivity contribution in [2.75, 3.05) is 0 Å². The molecule has 12 heavy (non-hydrogen) atoms. The van der Waals surface area contributed by atoms with Gasteiger partial charge in [-0.25, -0.2) is 0 Å². The molecular formula is C7H7BrN2O2. The fraction of sp³-hybridized carbons (Fsp3) is 0.286. The molecule has 0 aromatic carbocycles. The first kappa shape index (κ1) is 9.12. The van der Waals surface area contributed by atoms with Crippen LogP contribution in [0.2, 0.25) is 0 Å². The number of nitrogens with zero attached hydrogens (tertiary/aromatic N) is 2. The Labute approximate surface area is 77.9 Å². The average molecular weight is 231 g/mol. The summed E-state index contributed by atoms with van der Waals surface area (Å²) in [7, 11) is 0. The maximum Gasteiger partial charge on any atom is 0.286 e. The summed E-state index contributed by atoms with van der Waals surface area (Å²) in [6, 6.07) is 1.48. The maximum atomic E-state index is 10.4. The molecule has 1 heterocycles. The Hall–Kier alpha value is -0.970. The van der Waals surface area contributed by atoms with Crippen LogP contribution in [0.3, 0.4) is 0 Å². The lowest BCUT2D eigenvalue weighted by atomic mass is 10.3. The molecule has 4 nitrogen and oxygen atoms in total. The smallest absolute Gasteiger partial charge is 0.260 e. The lowest BCUT2D eigenvalue weighted by Gasteiger charge is -1.97. The van der Waals surface area contributed by atoms with E-state index in [1.165, 1.54) is 12.3 Å². The summed E-state index contributed by atoms with van der Waals surface area (Å²) in [6.07, 6.45) is 2.16. The van der Waals surface area contributed by atoms with Crippen molar-refractivity contribution < 1.29 is 4.92 Å². The number of halogens is 1. The van der Waals surface area contributed by atoms with Gasteiger partial charge in [0, 0.05) is 18.0 Å². The van der Waals surface area contributed by atoms with Gasteiger partial charge in [-0.05, 0) is 22.4 Å². The molecular weight excluding hydrogens is 224 g/mol. The molecule has 0 radical (unpaired) electrons. The second kappa shape index (κ2) is 3.62. The van der Waals surface area contributed by atoms with E-state index in [0.717, 1.165) is 5.69 Å². The van der Waals surface area contributed by atoms with Crippen LogP contribution in [0.1, 0.15) is 12.6 Å². The molecule has 64 valence electrons. The van der Waals surface area contributed by atoms with Crippen LogP contribution < -0.4 is 0 Å². The van der Waals surface area contributed by atoms with E-state index in [0.29, 0.717) is 10.9 Å². The first-order valence-electron chi connectivity index (χ1n) is 3.44. The normalized spacial score (nSPS) is 9.83. The monoisotopic (exact) mass is 230 g/mol. The highest BCUT2D eigenvalue weighted by Crippen LogP contribution is 2.23. The van der Waals surface area contributed by atoms with Gasteiger partial charge in [0.25, 0.3) is 5.69 Å². The number of aromatic nitrogens is 1. The first-order valence-corrected chi connectivity index (χ1v) is 4.23. The molecule has 0 bridgehead atoms. The minimum Gasteiger partial charge on any atom is -0.260 e. The molecule has 1 rings (SSSR count). The van der Waals surface area contributed by atoms with Gasteiger partial charge < -0.3 is 0 Å². The Bertz CT molecular complexity index is 314. The summed E-state index contributed by atoms with van der Waals surface area (Å²) in [5.41, 5.74) is 0.798. The second-order valence-corrected chi connectivity index (χ2v) is 3.09. The fourth-order valence-corrected chi connectivity index (χ4v) is 1.16. The number of pyridine rings is 1. The Kier molecular flexibility index (Phi) is 2.75. The van der Waals surface area contributed by atoms with Crippen molar-refractivity contribution >= 4 is 21.6 Å². The highest BCUT2D eigenvalue weighted by molar-refractivity contribution is 9.10. The molecule has 0 N–H and O–H groups in total. The van der Waals surface area contributed by atoms with E-state index in [1.54, 1.807) is 0 Å². The maximum absolute atomic E-state index is 10.4. The van der Waals surface area contributed by atoms with Crippen molar-refractivity contribution in [3.63, 3.8) is 0 Å². The van der Waals surface area contributed by atoms with Crippen molar-refractivity contribution in [2.45, 2.75) is 13.3 Å². The van der Waals surface area contributed by atoms with Crippen molar-refractivity contribution in [2.24, 2.45) is 0 Å². The van der Waals surface area contributed by atoms with Gasteiger partial charge in [0.2, 0.25) is 0 Å². The van der Waals surface area contributed by atoms with E-state index in [9.17, 15) is 10.1 Å². The van der Waals surface area contributed by atoms with E-state index >= 15 is 0 Å². The number of hydrogen-bond donors (Lipinski definition) is 0. The van der Waals surface area contributed by atoms with Crippen LogP contribution in [0.15, 0.2) is 16.7 Å². The standard InChI is InChI=1S/C7H7BrN2O2/c1-2-5-3-7(10(11)12)6(8)4-9-5/h3-4H,2H2,1H3. The molecule has 0 spiro atoms. The lowest BCUT2D eigenvalue weighted by molar-refractivity contribution is -0.385. The molecule has 0 fully saturated rings. The zero-order chi connectivity index (χ0) is 9.14. The SMILES string of the molecule is CCc1cc([N+](=O)[O-])c(Br)cn1. The van der Waals surface area contributed by atoms with Gasteiger partial charge >= 0.3 is 0 Å². The molecule has 0 aliphatic rings. The molecule has 0 unspecified atom stereocenters. The zero-order valence-electron chi connectivity index (χ0n) is 6.45. The summed E-state index contributed by atoms with van der Waals surface area (Å²) in [4.78, 5) is 14.0. The Balaban J connectivity index is 3.17. The predicted octanol–water partition coefficient (Wildman–Crippen LogP) is 2.31. The summed E-state index contributed by atoms with van der Waals surface area (Å²) in [5.74, 6) is 0. The molecule has 0 atom stereocenters. The highest BCUT2D eigenvalue weighted by atomic mass is 79.9. The van der Waals surface area contributed by atoms with Gasteiger partial charge in [0.1, 0.15) is 4.47 Å². The minimum absolute atomic E-state index is 0.0712.